The lowest BCUT2D eigenvalue weighted by atomic mass is 10.0. The molecule has 0 amide bonds. The topological polar surface area (TPSA) is 75.8 Å². The maximum Gasteiger partial charge on any atom is 0.419 e. The zero-order valence-electron chi connectivity index (χ0n) is 19.3. The minimum absolute atomic E-state index is 0.113. The first-order valence-electron chi connectivity index (χ1n) is 11.4. The number of anilines is 2. The van der Waals surface area contributed by atoms with Gasteiger partial charge < -0.3 is 9.32 Å². The van der Waals surface area contributed by atoms with Crippen molar-refractivity contribution in [2.75, 3.05) is 25.0 Å². The van der Waals surface area contributed by atoms with E-state index in [0.29, 0.717) is 25.0 Å². The van der Waals surface area contributed by atoms with Crippen molar-refractivity contribution in [1.82, 2.24) is 8.87 Å². The normalized spacial score (nSPS) is 13.7. The SMILES string of the molecule is CN(CCCN1c2ccccc2CCc2ccccc21)S(=O)(=O)c1ccc2c(c1)oc(=O)n2C. The van der Waals surface area contributed by atoms with Crippen LogP contribution in [0, 0.1) is 0 Å². The Bertz CT molecular complexity index is 1470. The molecule has 1 aromatic heterocycles. The average molecular weight is 478 g/mol. The summed E-state index contributed by atoms with van der Waals surface area (Å²) in [7, 11) is -0.543. The van der Waals surface area contributed by atoms with E-state index < -0.39 is 15.8 Å². The molecule has 176 valence electrons. The van der Waals surface area contributed by atoms with Gasteiger partial charge in [-0.3, -0.25) is 4.57 Å². The summed E-state index contributed by atoms with van der Waals surface area (Å²) in [6.45, 7) is 1.06. The number of nitrogens with zero attached hydrogens (tertiary/aromatic N) is 3. The molecule has 0 unspecified atom stereocenters. The summed E-state index contributed by atoms with van der Waals surface area (Å²) in [4.78, 5) is 14.2. The summed E-state index contributed by atoms with van der Waals surface area (Å²) in [5.74, 6) is -0.518. The van der Waals surface area contributed by atoms with Crippen molar-refractivity contribution < 1.29 is 12.8 Å². The number of para-hydroxylation sites is 2. The maximum absolute atomic E-state index is 13.2. The Morgan fingerprint density at radius 2 is 1.56 bits per heavy atom. The van der Waals surface area contributed by atoms with Crippen LogP contribution in [0.3, 0.4) is 0 Å². The van der Waals surface area contributed by atoms with E-state index in [-0.39, 0.29) is 10.5 Å². The highest BCUT2D eigenvalue weighted by atomic mass is 32.2. The Kier molecular flexibility index (Phi) is 5.79. The van der Waals surface area contributed by atoms with Crippen LogP contribution in [0.5, 0.6) is 0 Å². The van der Waals surface area contributed by atoms with Gasteiger partial charge in [0.15, 0.2) is 5.58 Å². The number of hydrogen-bond acceptors (Lipinski definition) is 5. The Balaban J connectivity index is 1.35. The van der Waals surface area contributed by atoms with Crippen LogP contribution >= 0.6 is 0 Å². The Hall–Kier alpha value is -3.36. The number of fused-ring (bicyclic) bond motifs is 3. The van der Waals surface area contributed by atoms with E-state index in [2.05, 4.69) is 53.4 Å². The molecule has 0 atom stereocenters. The van der Waals surface area contributed by atoms with Gasteiger partial charge in [0.2, 0.25) is 10.0 Å². The molecule has 1 aliphatic rings. The molecule has 0 saturated carbocycles. The second-order valence-electron chi connectivity index (χ2n) is 8.65. The standard InChI is InChI=1S/C26H27N3O4S/c1-27(34(31,32)21-14-15-24-25(18-21)33-26(30)28(24)2)16-7-17-29-22-10-5-3-8-19(22)12-13-20-9-4-6-11-23(20)29/h3-6,8-11,14-15,18H,7,12-13,16-17H2,1-2H3. The van der Waals surface area contributed by atoms with Crippen molar-refractivity contribution in [2.45, 2.75) is 24.2 Å². The van der Waals surface area contributed by atoms with Crippen LogP contribution in [-0.4, -0.2) is 37.4 Å². The molecule has 0 fully saturated rings. The van der Waals surface area contributed by atoms with Crippen LogP contribution < -0.4 is 10.7 Å². The van der Waals surface area contributed by atoms with Crippen LogP contribution in [0.2, 0.25) is 0 Å². The van der Waals surface area contributed by atoms with Crippen molar-refractivity contribution >= 4 is 32.5 Å². The fraction of sp³-hybridized carbons (Fsp3) is 0.269. The fourth-order valence-corrected chi connectivity index (χ4v) is 5.86. The van der Waals surface area contributed by atoms with Gasteiger partial charge in [0.1, 0.15) is 0 Å². The molecular formula is C26H27N3O4S. The van der Waals surface area contributed by atoms with Gasteiger partial charge in [0.05, 0.1) is 10.4 Å². The summed E-state index contributed by atoms with van der Waals surface area (Å²) in [6, 6.07) is 21.4. The van der Waals surface area contributed by atoms with Crippen LogP contribution in [0.15, 0.2) is 80.8 Å². The number of hydrogen-bond donors (Lipinski definition) is 0. The third kappa shape index (κ3) is 3.93. The molecule has 0 radical (unpaired) electrons. The second kappa shape index (κ2) is 8.77. The molecule has 0 aliphatic carbocycles. The highest BCUT2D eigenvalue weighted by Crippen LogP contribution is 2.36. The third-order valence-corrected chi connectivity index (χ3v) is 8.41. The highest BCUT2D eigenvalue weighted by molar-refractivity contribution is 7.89. The molecule has 7 nitrogen and oxygen atoms in total. The van der Waals surface area contributed by atoms with Crippen molar-refractivity contribution in [3.8, 4) is 0 Å². The maximum atomic E-state index is 13.2. The summed E-state index contributed by atoms with van der Waals surface area (Å²) in [5.41, 5.74) is 5.80. The molecule has 0 bridgehead atoms. The number of aryl methyl sites for hydroxylation is 3. The molecule has 0 saturated heterocycles. The quantitative estimate of drug-likeness (QED) is 0.418. The smallest absolute Gasteiger partial charge is 0.408 e. The van der Waals surface area contributed by atoms with Crippen LogP contribution in [0.1, 0.15) is 17.5 Å². The molecule has 8 heteroatoms. The first-order chi connectivity index (χ1) is 16.4. The van der Waals surface area contributed by atoms with Crippen LogP contribution in [0.4, 0.5) is 11.4 Å². The number of benzene rings is 3. The zero-order valence-corrected chi connectivity index (χ0v) is 20.1. The number of rotatable bonds is 6. The Morgan fingerprint density at radius 3 is 2.21 bits per heavy atom. The molecule has 3 aromatic carbocycles. The lowest BCUT2D eigenvalue weighted by Crippen LogP contribution is -2.30. The zero-order chi connectivity index (χ0) is 23.9. The average Bonchev–Trinajstić information content (AvgIpc) is 3.03. The monoisotopic (exact) mass is 477 g/mol. The van der Waals surface area contributed by atoms with Crippen molar-refractivity contribution in [3.05, 3.63) is 88.4 Å². The minimum Gasteiger partial charge on any atom is -0.408 e. The van der Waals surface area contributed by atoms with E-state index in [9.17, 15) is 13.2 Å². The molecule has 5 rings (SSSR count). The van der Waals surface area contributed by atoms with Gasteiger partial charge in [0, 0.05) is 44.6 Å². The molecule has 0 spiro atoms. The van der Waals surface area contributed by atoms with Gasteiger partial charge in [-0.25, -0.2) is 17.5 Å². The molecule has 4 aromatic rings. The van der Waals surface area contributed by atoms with Gasteiger partial charge in [0.25, 0.3) is 0 Å². The van der Waals surface area contributed by atoms with E-state index in [1.807, 2.05) is 0 Å². The second-order valence-corrected chi connectivity index (χ2v) is 10.7. The Labute approximate surface area is 198 Å². The summed E-state index contributed by atoms with van der Waals surface area (Å²) in [5, 5.41) is 0. The predicted octanol–water partition coefficient (Wildman–Crippen LogP) is 4.08. The molecule has 2 heterocycles. The first-order valence-corrected chi connectivity index (χ1v) is 12.8. The highest BCUT2D eigenvalue weighted by Gasteiger charge is 2.24. The fourth-order valence-electron chi connectivity index (χ4n) is 4.64. The number of aromatic nitrogens is 1. The van der Waals surface area contributed by atoms with E-state index in [1.165, 1.54) is 43.5 Å². The lowest BCUT2D eigenvalue weighted by Gasteiger charge is -2.28. The number of sulfonamides is 1. The minimum atomic E-state index is -3.72. The largest absolute Gasteiger partial charge is 0.419 e. The molecular weight excluding hydrogens is 450 g/mol. The molecule has 1 aliphatic heterocycles. The van der Waals surface area contributed by atoms with E-state index >= 15 is 0 Å². The van der Waals surface area contributed by atoms with Gasteiger partial charge in [-0.1, -0.05) is 36.4 Å². The lowest BCUT2D eigenvalue weighted by molar-refractivity contribution is 0.463. The van der Waals surface area contributed by atoms with Gasteiger partial charge in [-0.05, 0) is 54.7 Å². The van der Waals surface area contributed by atoms with E-state index in [4.69, 9.17) is 4.42 Å². The Morgan fingerprint density at radius 1 is 0.941 bits per heavy atom. The third-order valence-electron chi connectivity index (χ3n) is 6.56. The molecule has 0 N–H and O–H groups in total. The van der Waals surface area contributed by atoms with Crippen LogP contribution in [0.25, 0.3) is 11.1 Å². The summed E-state index contributed by atoms with van der Waals surface area (Å²) in [6.07, 6.45) is 2.62. The van der Waals surface area contributed by atoms with E-state index in [1.54, 1.807) is 20.2 Å². The predicted molar refractivity (Wildman–Crippen MR) is 133 cm³/mol. The van der Waals surface area contributed by atoms with E-state index in [0.717, 1.165) is 12.8 Å². The first kappa shape index (κ1) is 22.4. The van der Waals surface area contributed by atoms with Crippen molar-refractivity contribution in [2.24, 2.45) is 7.05 Å². The van der Waals surface area contributed by atoms with Gasteiger partial charge >= 0.3 is 5.76 Å². The van der Waals surface area contributed by atoms with Gasteiger partial charge in [-0.15, -0.1) is 0 Å². The summed E-state index contributed by atoms with van der Waals surface area (Å²) >= 11 is 0. The molecule has 34 heavy (non-hydrogen) atoms. The summed E-state index contributed by atoms with van der Waals surface area (Å²) < 4.78 is 34.3. The van der Waals surface area contributed by atoms with Crippen LogP contribution in [-0.2, 0) is 29.9 Å². The number of oxazole rings is 1. The van der Waals surface area contributed by atoms with Crippen molar-refractivity contribution in [3.63, 3.8) is 0 Å². The van der Waals surface area contributed by atoms with Gasteiger partial charge in [-0.2, -0.15) is 0 Å². The van der Waals surface area contributed by atoms with Crippen molar-refractivity contribution in [1.29, 1.82) is 0 Å².